The predicted octanol–water partition coefficient (Wildman–Crippen LogP) is 5.19. The lowest BCUT2D eigenvalue weighted by Gasteiger charge is -2.15. The summed E-state index contributed by atoms with van der Waals surface area (Å²) in [7, 11) is 0. The summed E-state index contributed by atoms with van der Waals surface area (Å²) in [6, 6.07) is 19.5. The van der Waals surface area contributed by atoms with Crippen molar-refractivity contribution in [2.75, 3.05) is 0 Å². The fraction of sp³-hybridized carbons (Fsp3) is 0.227. The standard InChI is InChI=1S/C22H23N/c1-16-9-11-20(12-10-16)13-21-17(2)15-23-18(3)22(21)14-19-7-5-4-6-8-19/h4-12,15H,13-14H2,1-3H3. The first-order valence-electron chi connectivity index (χ1n) is 8.17. The number of aryl methyl sites for hydroxylation is 3. The number of pyridine rings is 1. The van der Waals surface area contributed by atoms with Gasteiger partial charge in [0, 0.05) is 11.9 Å². The Hall–Kier alpha value is -2.41. The number of benzene rings is 2. The smallest absolute Gasteiger partial charge is 0.0411 e. The van der Waals surface area contributed by atoms with Gasteiger partial charge in [0.1, 0.15) is 0 Å². The van der Waals surface area contributed by atoms with E-state index in [1.165, 1.54) is 33.4 Å². The van der Waals surface area contributed by atoms with Gasteiger partial charge in [-0.3, -0.25) is 4.98 Å². The maximum atomic E-state index is 4.59. The molecule has 0 saturated heterocycles. The van der Waals surface area contributed by atoms with Gasteiger partial charge in [-0.1, -0.05) is 60.2 Å². The first-order valence-corrected chi connectivity index (χ1v) is 8.17. The van der Waals surface area contributed by atoms with Crippen LogP contribution in [0.3, 0.4) is 0 Å². The van der Waals surface area contributed by atoms with Gasteiger partial charge in [-0.05, 0) is 61.4 Å². The molecule has 0 atom stereocenters. The summed E-state index contributed by atoms with van der Waals surface area (Å²) in [6.07, 6.45) is 3.92. The lowest BCUT2D eigenvalue weighted by Crippen LogP contribution is -2.05. The van der Waals surface area contributed by atoms with Gasteiger partial charge in [-0.2, -0.15) is 0 Å². The average molecular weight is 301 g/mol. The van der Waals surface area contributed by atoms with E-state index in [1.807, 2.05) is 6.20 Å². The van der Waals surface area contributed by atoms with Crippen LogP contribution in [0.4, 0.5) is 0 Å². The van der Waals surface area contributed by atoms with Gasteiger partial charge >= 0.3 is 0 Å². The van der Waals surface area contributed by atoms with Crippen LogP contribution in [0.25, 0.3) is 0 Å². The number of hydrogen-bond acceptors (Lipinski definition) is 1. The Morgan fingerprint density at radius 2 is 1.30 bits per heavy atom. The van der Waals surface area contributed by atoms with E-state index in [0.29, 0.717) is 0 Å². The monoisotopic (exact) mass is 301 g/mol. The van der Waals surface area contributed by atoms with Gasteiger partial charge < -0.3 is 0 Å². The number of nitrogens with zero attached hydrogens (tertiary/aromatic N) is 1. The number of hydrogen-bond donors (Lipinski definition) is 0. The molecular weight excluding hydrogens is 278 g/mol. The van der Waals surface area contributed by atoms with Crippen molar-refractivity contribution in [2.24, 2.45) is 0 Å². The molecule has 1 aromatic heterocycles. The van der Waals surface area contributed by atoms with E-state index in [0.717, 1.165) is 18.5 Å². The van der Waals surface area contributed by atoms with Gasteiger partial charge in [0.15, 0.2) is 0 Å². The molecule has 2 aromatic carbocycles. The van der Waals surface area contributed by atoms with E-state index in [9.17, 15) is 0 Å². The minimum Gasteiger partial charge on any atom is -0.261 e. The third-order valence-electron chi connectivity index (χ3n) is 4.45. The molecule has 0 bridgehead atoms. The van der Waals surface area contributed by atoms with Crippen LogP contribution in [-0.4, -0.2) is 4.98 Å². The van der Waals surface area contributed by atoms with Crippen LogP contribution < -0.4 is 0 Å². The van der Waals surface area contributed by atoms with Crippen molar-refractivity contribution < 1.29 is 0 Å². The second-order valence-corrected chi connectivity index (χ2v) is 6.31. The molecule has 0 N–H and O–H groups in total. The maximum Gasteiger partial charge on any atom is 0.0411 e. The van der Waals surface area contributed by atoms with Crippen LogP contribution in [0.1, 0.15) is 39.1 Å². The normalized spacial score (nSPS) is 10.7. The predicted molar refractivity (Wildman–Crippen MR) is 96.9 cm³/mol. The molecule has 0 unspecified atom stereocenters. The minimum absolute atomic E-state index is 0.947. The zero-order valence-corrected chi connectivity index (χ0v) is 14.1. The molecule has 3 rings (SSSR count). The lowest BCUT2D eigenvalue weighted by atomic mass is 9.91. The SMILES string of the molecule is Cc1ccc(Cc2c(C)cnc(C)c2Cc2ccccc2)cc1. The summed E-state index contributed by atoms with van der Waals surface area (Å²) >= 11 is 0. The van der Waals surface area contributed by atoms with Crippen LogP contribution in [-0.2, 0) is 12.8 Å². The van der Waals surface area contributed by atoms with Crippen molar-refractivity contribution in [3.63, 3.8) is 0 Å². The van der Waals surface area contributed by atoms with E-state index < -0.39 is 0 Å². The molecule has 0 spiro atoms. The van der Waals surface area contributed by atoms with Crippen molar-refractivity contribution in [3.05, 3.63) is 99.9 Å². The molecular formula is C22H23N. The molecule has 0 aliphatic rings. The van der Waals surface area contributed by atoms with Gasteiger partial charge in [0.05, 0.1) is 0 Å². The Morgan fingerprint density at radius 3 is 2.00 bits per heavy atom. The zero-order valence-electron chi connectivity index (χ0n) is 14.1. The van der Waals surface area contributed by atoms with Crippen LogP contribution in [0.2, 0.25) is 0 Å². The Labute approximate surface area is 139 Å². The molecule has 0 aliphatic heterocycles. The van der Waals surface area contributed by atoms with E-state index in [4.69, 9.17) is 0 Å². The molecule has 1 heteroatoms. The molecule has 1 heterocycles. The van der Waals surface area contributed by atoms with Gasteiger partial charge in [-0.15, -0.1) is 0 Å². The highest BCUT2D eigenvalue weighted by molar-refractivity contribution is 5.42. The maximum absolute atomic E-state index is 4.59. The Bertz CT molecular complexity index is 786. The largest absolute Gasteiger partial charge is 0.261 e. The highest BCUT2D eigenvalue weighted by atomic mass is 14.7. The Balaban J connectivity index is 1.98. The molecule has 3 aromatic rings. The van der Waals surface area contributed by atoms with E-state index in [1.54, 1.807) is 0 Å². The second-order valence-electron chi connectivity index (χ2n) is 6.31. The topological polar surface area (TPSA) is 12.9 Å². The summed E-state index contributed by atoms with van der Waals surface area (Å²) in [5.74, 6) is 0. The van der Waals surface area contributed by atoms with Crippen molar-refractivity contribution in [1.29, 1.82) is 0 Å². The van der Waals surface area contributed by atoms with Gasteiger partial charge in [-0.25, -0.2) is 0 Å². The van der Waals surface area contributed by atoms with Crippen LogP contribution >= 0.6 is 0 Å². The Morgan fingerprint density at radius 1 is 0.696 bits per heavy atom. The van der Waals surface area contributed by atoms with Crippen LogP contribution in [0.5, 0.6) is 0 Å². The zero-order chi connectivity index (χ0) is 16.2. The third kappa shape index (κ3) is 3.68. The van der Waals surface area contributed by atoms with Crippen molar-refractivity contribution in [3.8, 4) is 0 Å². The Kier molecular flexibility index (Phi) is 4.57. The van der Waals surface area contributed by atoms with E-state index >= 15 is 0 Å². The first-order chi connectivity index (χ1) is 11.1. The highest BCUT2D eigenvalue weighted by Crippen LogP contribution is 2.23. The van der Waals surface area contributed by atoms with Gasteiger partial charge in [0.25, 0.3) is 0 Å². The highest BCUT2D eigenvalue weighted by Gasteiger charge is 2.11. The summed E-state index contributed by atoms with van der Waals surface area (Å²) in [4.78, 5) is 4.59. The fourth-order valence-corrected chi connectivity index (χ4v) is 3.00. The molecule has 0 amide bonds. The minimum atomic E-state index is 0.947. The summed E-state index contributed by atoms with van der Waals surface area (Å²) < 4.78 is 0. The second kappa shape index (κ2) is 6.78. The molecule has 0 aliphatic carbocycles. The lowest BCUT2D eigenvalue weighted by molar-refractivity contribution is 0.993. The van der Waals surface area contributed by atoms with Gasteiger partial charge in [0.2, 0.25) is 0 Å². The molecule has 116 valence electrons. The molecule has 0 saturated carbocycles. The average Bonchev–Trinajstić information content (AvgIpc) is 2.57. The van der Waals surface area contributed by atoms with Crippen LogP contribution in [0, 0.1) is 20.8 Å². The number of aromatic nitrogens is 1. The fourth-order valence-electron chi connectivity index (χ4n) is 3.00. The number of rotatable bonds is 4. The summed E-state index contributed by atoms with van der Waals surface area (Å²) in [5, 5.41) is 0. The van der Waals surface area contributed by atoms with Crippen molar-refractivity contribution in [1.82, 2.24) is 4.98 Å². The van der Waals surface area contributed by atoms with Crippen molar-refractivity contribution in [2.45, 2.75) is 33.6 Å². The molecule has 0 radical (unpaired) electrons. The molecule has 1 nitrogen and oxygen atoms in total. The van der Waals surface area contributed by atoms with Crippen LogP contribution in [0.15, 0.2) is 60.8 Å². The van der Waals surface area contributed by atoms with E-state index in [-0.39, 0.29) is 0 Å². The van der Waals surface area contributed by atoms with Crippen molar-refractivity contribution >= 4 is 0 Å². The molecule has 0 fully saturated rings. The molecule has 23 heavy (non-hydrogen) atoms. The first kappa shape index (κ1) is 15.5. The summed E-state index contributed by atoms with van der Waals surface area (Å²) in [6.45, 7) is 6.42. The quantitative estimate of drug-likeness (QED) is 0.646. The van der Waals surface area contributed by atoms with E-state index in [2.05, 4.69) is 80.4 Å². The summed E-state index contributed by atoms with van der Waals surface area (Å²) in [5.41, 5.74) is 9.22. The third-order valence-corrected chi connectivity index (χ3v) is 4.45.